The highest BCUT2D eigenvalue weighted by molar-refractivity contribution is 5.13. The lowest BCUT2D eigenvalue weighted by Gasteiger charge is -2.22. The molecule has 6 nitrogen and oxygen atoms in total. The van der Waals surface area contributed by atoms with Crippen LogP contribution in [0.25, 0.3) is 0 Å². The van der Waals surface area contributed by atoms with Gasteiger partial charge < -0.3 is 29.9 Å². The number of benzene rings is 1. The van der Waals surface area contributed by atoms with E-state index in [0.717, 1.165) is 5.56 Å². The van der Waals surface area contributed by atoms with Crippen LogP contribution in [0.1, 0.15) is 5.56 Å². The molecule has 0 heterocycles. The van der Waals surface area contributed by atoms with E-state index >= 15 is 0 Å². The number of aliphatic hydroxyl groups is 4. The van der Waals surface area contributed by atoms with Gasteiger partial charge in [-0.1, -0.05) is 30.3 Å². The molecule has 3 atom stereocenters. The van der Waals surface area contributed by atoms with Crippen molar-refractivity contribution in [2.24, 2.45) is 0 Å². The fourth-order valence-corrected chi connectivity index (χ4v) is 1.37. The summed E-state index contributed by atoms with van der Waals surface area (Å²) in [5, 5.41) is 36.4. The van der Waals surface area contributed by atoms with Crippen molar-refractivity contribution in [2.45, 2.75) is 25.1 Å². The molecule has 19 heavy (non-hydrogen) atoms. The Labute approximate surface area is 111 Å². The van der Waals surface area contributed by atoms with Crippen LogP contribution >= 0.6 is 0 Å². The molecule has 0 saturated carbocycles. The van der Waals surface area contributed by atoms with Crippen LogP contribution < -0.4 is 0 Å². The maximum absolute atomic E-state index is 9.63. The van der Waals surface area contributed by atoms with Crippen molar-refractivity contribution in [3.8, 4) is 0 Å². The quantitative estimate of drug-likeness (QED) is 0.442. The van der Waals surface area contributed by atoms with Gasteiger partial charge in [-0.05, 0) is 5.56 Å². The average molecular weight is 272 g/mol. The van der Waals surface area contributed by atoms with Crippen molar-refractivity contribution in [2.75, 3.05) is 19.8 Å². The Morgan fingerprint density at radius 1 is 0.947 bits per heavy atom. The lowest BCUT2D eigenvalue weighted by molar-refractivity contribution is -0.202. The van der Waals surface area contributed by atoms with Gasteiger partial charge in [0.1, 0.15) is 12.2 Å². The van der Waals surface area contributed by atoms with Gasteiger partial charge in [0.25, 0.3) is 0 Å². The predicted octanol–water partition coefficient (Wildman–Crippen LogP) is -0.748. The summed E-state index contributed by atoms with van der Waals surface area (Å²) >= 11 is 0. The molecule has 0 amide bonds. The summed E-state index contributed by atoms with van der Waals surface area (Å²) in [6.07, 6.45) is -3.34. The van der Waals surface area contributed by atoms with Crippen molar-refractivity contribution in [3.63, 3.8) is 0 Å². The molecule has 0 radical (unpaired) electrons. The molecule has 1 aromatic rings. The van der Waals surface area contributed by atoms with Crippen LogP contribution in [-0.2, 0) is 16.1 Å². The van der Waals surface area contributed by atoms with Crippen LogP contribution in [0.2, 0.25) is 0 Å². The molecule has 0 fully saturated rings. The molecule has 0 aliphatic rings. The number of hydrogen-bond acceptors (Lipinski definition) is 6. The van der Waals surface area contributed by atoms with Crippen LogP contribution in [0, 0.1) is 0 Å². The second-order valence-electron chi connectivity index (χ2n) is 4.08. The Kier molecular flexibility index (Phi) is 7.57. The smallest absolute Gasteiger partial charge is 0.183 e. The number of aliphatic hydroxyl groups excluding tert-OH is 4. The summed E-state index contributed by atoms with van der Waals surface area (Å²) in [6, 6.07) is 9.31. The summed E-state index contributed by atoms with van der Waals surface area (Å²) in [7, 11) is 0. The number of rotatable bonds is 9. The highest BCUT2D eigenvalue weighted by Gasteiger charge is 2.20. The van der Waals surface area contributed by atoms with Gasteiger partial charge in [0.15, 0.2) is 6.29 Å². The van der Waals surface area contributed by atoms with Crippen LogP contribution in [0.4, 0.5) is 0 Å². The van der Waals surface area contributed by atoms with E-state index < -0.39 is 31.7 Å². The van der Waals surface area contributed by atoms with Crippen molar-refractivity contribution >= 4 is 0 Å². The maximum Gasteiger partial charge on any atom is 0.183 e. The van der Waals surface area contributed by atoms with Gasteiger partial charge in [-0.25, -0.2) is 0 Å². The van der Waals surface area contributed by atoms with Gasteiger partial charge in [0.2, 0.25) is 0 Å². The monoisotopic (exact) mass is 272 g/mol. The topological polar surface area (TPSA) is 99.4 Å². The molecule has 0 bridgehead atoms. The minimum Gasteiger partial charge on any atom is -0.394 e. The molecule has 6 heteroatoms. The first-order valence-electron chi connectivity index (χ1n) is 6.02. The zero-order chi connectivity index (χ0) is 14.1. The van der Waals surface area contributed by atoms with Crippen LogP contribution in [0.5, 0.6) is 0 Å². The molecular formula is C13H20O6. The average Bonchev–Trinajstić information content (AvgIpc) is 2.46. The number of hydrogen-bond donors (Lipinski definition) is 4. The van der Waals surface area contributed by atoms with Crippen LogP contribution in [0.3, 0.4) is 0 Å². The largest absolute Gasteiger partial charge is 0.394 e. The van der Waals surface area contributed by atoms with E-state index in [0.29, 0.717) is 0 Å². The second-order valence-corrected chi connectivity index (χ2v) is 4.08. The minimum atomic E-state index is -1.37. The van der Waals surface area contributed by atoms with Gasteiger partial charge in [-0.15, -0.1) is 0 Å². The van der Waals surface area contributed by atoms with Crippen molar-refractivity contribution in [1.82, 2.24) is 0 Å². The Balaban J connectivity index is 2.35. The Bertz CT molecular complexity index is 331. The fourth-order valence-electron chi connectivity index (χ4n) is 1.37. The van der Waals surface area contributed by atoms with Gasteiger partial charge >= 0.3 is 0 Å². The van der Waals surface area contributed by atoms with E-state index in [1.807, 2.05) is 30.3 Å². The van der Waals surface area contributed by atoms with E-state index in [1.165, 1.54) is 0 Å². The highest BCUT2D eigenvalue weighted by atomic mass is 16.6. The van der Waals surface area contributed by atoms with Crippen LogP contribution in [0.15, 0.2) is 30.3 Å². The van der Waals surface area contributed by atoms with E-state index in [-0.39, 0.29) is 13.2 Å². The Morgan fingerprint density at radius 3 is 2.21 bits per heavy atom. The third-order valence-corrected chi connectivity index (χ3v) is 2.48. The molecule has 108 valence electrons. The molecule has 1 aromatic carbocycles. The van der Waals surface area contributed by atoms with Gasteiger partial charge in [0, 0.05) is 0 Å². The van der Waals surface area contributed by atoms with Crippen molar-refractivity contribution in [1.29, 1.82) is 0 Å². The Morgan fingerprint density at radius 2 is 1.63 bits per heavy atom. The predicted molar refractivity (Wildman–Crippen MR) is 67.2 cm³/mol. The normalized spacial score (nSPS) is 16.0. The van der Waals surface area contributed by atoms with E-state index in [2.05, 4.69) is 0 Å². The third-order valence-electron chi connectivity index (χ3n) is 2.48. The van der Waals surface area contributed by atoms with Gasteiger partial charge in [0.05, 0.1) is 26.4 Å². The second kappa shape index (κ2) is 8.98. The molecule has 4 N–H and O–H groups in total. The van der Waals surface area contributed by atoms with Crippen molar-refractivity contribution < 1.29 is 29.9 Å². The molecular weight excluding hydrogens is 252 g/mol. The summed E-state index contributed by atoms with van der Waals surface area (Å²) in [5.74, 6) is 0. The first-order chi connectivity index (χ1) is 9.17. The standard InChI is InChI=1S/C13H20O6/c14-6-11(16)9-19-13(17)12(7-15)18-8-10-4-2-1-3-5-10/h1-5,11-17H,6-9H2. The minimum absolute atomic E-state index is 0.231. The summed E-state index contributed by atoms with van der Waals surface area (Å²) < 4.78 is 10.2. The lowest BCUT2D eigenvalue weighted by Crippen LogP contribution is -2.36. The third kappa shape index (κ3) is 6.11. The van der Waals surface area contributed by atoms with E-state index in [1.54, 1.807) is 0 Å². The van der Waals surface area contributed by atoms with Gasteiger partial charge in [-0.3, -0.25) is 0 Å². The molecule has 0 aromatic heterocycles. The molecule has 1 rings (SSSR count). The zero-order valence-electron chi connectivity index (χ0n) is 10.6. The molecule has 0 aliphatic heterocycles. The highest BCUT2D eigenvalue weighted by Crippen LogP contribution is 2.07. The number of ether oxygens (including phenoxy) is 2. The van der Waals surface area contributed by atoms with E-state index in [9.17, 15) is 5.11 Å². The molecule has 0 aliphatic carbocycles. The molecule has 0 spiro atoms. The van der Waals surface area contributed by atoms with Crippen molar-refractivity contribution in [3.05, 3.63) is 35.9 Å². The first kappa shape index (κ1) is 16.0. The van der Waals surface area contributed by atoms with Gasteiger partial charge in [-0.2, -0.15) is 0 Å². The van der Waals surface area contributed by atoms with E-state index in [4.69, 9.17) is 24.8 Å². The lowest BCUT2D eigenvalue weighted by atomic mass is 10.2. The maximum atomic E-state index is 9.63. The zero-order valence-corrected chi connectivity index (χ0v) is 10.6. The SMILES string of the molecule is OCC(O)COC(O)C(CO)OCc1ccccc1. The van der Waals surface area contributed by atoms with Crippen LogP contribution in [-0.4, -0.2) is 58.7 Å². The summed E-state index contributed by atoms with van der Waals surface area (Å²) in [5.41, 5.74) is 0.906. The summed E-state index contributed by atoms with van der Waals surface area (Å²) in [4.78, 5) is 0. The fraction of sp³-hybridized carbons (Fsp3) is 0.538. The molecule has 0 saturated heterocycles. The molecule has 3 unspecified atom stereocenters. The Hall–Kier alpha value is -1.02. The first-order valence-corrected chi connectivity index (χ1v) is 6.02. The summed E-state index contributed by atoms with van der Waals surface area (Å²) in [6.45, 7) is -0.873.